The van der Waals surface area contributed by atoms with E-state index in [2.05, 4.69) is 0 Å². The van der Waals surface area contributed by atoms with Gasteiger partial charge < -0.3 is 44.2 Å². The van der Waals surface area contributed by atoms with Crippen LogP contribution >= 0.6 is 0 Å². The highest BCUT2D eigenvalue weighted by Gasteiger charge is 2.43. The standard InChI is InChI=1S/C21H22O10/c1-8-17(25)14(7-22)31-21(18(8)26)30-13-6-9(28-2)5-12-16(13)19(27)15-10(23)3-4-11(24)20(15)29-12/h3-6,8,14,17-18,21-26H,7H2,1-2H3/t8-,14+,17-,18+,21+/m0/s1. The molecule has 5 N–H and O–H groups in total. The Morgan fingerprint density at radius 3 is 2.45 bits per heavy atom. The molecule has 1 aromatic heterocycles. The summed E-state index contributed by atoms with van der Waals surface area (Å²) in [7, 11) is 1.39. The van der Waals surface area contributed by atoms with Crippen LogP contribution in [0.3, 0.4) is 0 Å². The van der Waals surface area contributed by atoms with E-state index in [0.29, 0.717) is 0 Å². The molecule has 1 aliphatic rings. The Balaban J connectivity index is 1.90. The molecule has 1 fully saturated rings. The van der Waals surface area contributed by atoms with E-state index in [0.717, 1.165) is 6.07 Å². The molecule has 3 aromatic rings. The van der Waals surface area contributed by atoms with E-state index in [4.69, 9.17) is 18.6 Å². The second kappa shape index (κ2) is 7.89. The van der Waals surface area contributed by atoms with Crippen LogP contribution in [0.1, 0.15) is 6.92 Å². The van der Waals surface area contributed by atoms with Crippen LogP contribution in [0.25, 0.3) is 21.9 Å². The number of aliphatic hydroxyl groups is 3. The normalized spacial score (nSPS) is 26.3. The predicted molar refractivity (Wildman–Crippen MR) is 107 cm³/mol. The van der Waals surface area contributed by atoms with Gasteiger partial charge in [-0.25, -0.2) is 0 Å². The van der Waals surface area contributed by atoms with Gasteiger partial charge >= 0.3 is 0 Å². The van der Waals surface area contributed by atoms with Crippen molar-refractivity contribution in [1.29, 1.82) is 0 Å². The van der Waals surface area contributed by atoms with Gasteiger partial charge in [0.05, 0.1) is 19.8 Å². The molecule has 0 amide bonds. The Hall–Kier alpha value is -3.05. The zero-order chi connectivity index (χ0) is 22.4. The minimum atomic E-state index is -1.32. The van der Waals surface area contributed by atoms with Crippen molar-refractivity contribution in [3.05, 3.63) is 34.5 Å². The largest absolute Gasteiger partial charge is 0.507 e. The highest BCUT2D eigenvalue weighted by Crippen LogP contribution is 2.38. The van der Waals surface area contributed by atoms with Crippen LogP contribution in [0.2, 0.25) is 0 Å². The molecule has 0 bridgehead atoms. The van der Waals surface area contributed by atoms with Crippen molar-refractivity contribution in [3.8, 4) is 23.0 Å². The summed E-state index contributed by atoms with van der Waals surface area (Å²) in [4.78, 5) is 13.2. The van der Waals surface area contributed by atoms with Crippen molar-refractivity contribution in [2.75, 3.05) is 13.7 Å². The van der Waals surface area contributed by atoms with Crippen LogP contribution in [0.15, 0.2) is 33.5 Å². The van der Waals surface area contributed by atoms with E-state index < -0.39 is 48.3 Å². The van der Waals surface area contributed by atoms with E-state index in [1.54, 1.807) is 6.92 Å². The molecule has 5 atom stereocenters. The van der Waals surface area contributed by atoms with Crippen LogP contribution in [0.4, 0.5) is 0 Å². The van der Waals surface area contributed by atoms with Gasteiger partial charge in [0.15, 0.2) is 11.3 Å². The van der Waals surface area contributed by atoms with E-state index in [1.807, 2.05) is 0 Å². The van der Waals surface area contributed by atoms with Gasteiger partial charge in [0.25, 0.3) is 0 Å². The first-order chi connectivity index (χ1) is 14.8. The number of fused-ring (bicyclic) bond motifs is 2. The Morgan fingerprint density at radius 1 is 1.06 bits per heavy atom. The maximum atomic E-state index is 13.2. The van der Waals surface area contributed by atoms with Gasteiger partial charge in [-0.3, -0.25) is 4.79 Å². The molecule has 31 heavy (non-hydrogen) atoms. The maximum absolute atomic E-state index is 13.2. The predicted octanol–water partition coefficient (Wildman–Crippen LogP) is 0.820. The molecule has 0 aliphatic carbocycles. The van der Waals surface area contributed by atoms with Crippen molar-refractivity contribution in [1.82, 2.24) is 0 Å². The molecule has 4 rings (SSSR count). The summed E-state index contributed by atoms with van der Waals surface area (Å²) in [5, 5.41) is 50.0. The van der Waals surface area contributed by atoms with Gasteiger partial charge in [0, 0.05) is 18.1 Å². The fraction of sp³-hybridized carbons (Fsp3) is 0.381. The number of rotatable bonds is 4. The first-order valence-corrected chi connectivity index (χ1v) is 9.55. The lowest BCUT2D eigenvalue weighted by Crippen LogP contribution is -2.56. The summed E-state index contributed by atoms with van der Waals surface area (Å²) in [5.41, 5.74) is -0.882. The Morgan fingerprint density at radius 2 is 1.77 bits per heavy atom. The average Bonchev–Trinajstić information content (AvgIpc) is 2.76. The average molecular weight is 434 g/mol. The lowest BCUT2D eigenvalue weighted by Gasteiger charge is -2.40. The minimum Gasteiger partial charge on any atom is -0.507 e. The first kappa shape index (κ1) is 21.2. The van der Waals surface area contributed by atoms with E-state index in [-0.39, 0.29) is 39.2 Å². The number of phenols is 2. The quantitative estimate of drug-likeness (QED) is 0.294. The molecule has 166 valence electrons. The highest BCUT2D eigenvalue weighted by molar-refractivity contribution is 5.98. The molecule has 10 heteroatoms. The minimum absolute atomic E-state index is 0.00448. The van der Waals surface area contributed by atoms with Crippen LogP contribution < -0.4 is 14.9 Å². The molecular weight excluding hydrogens is 412 g/mol. The molecule has 1 aliphatic heterocycles. The van der Waals surface area contributed by atoms with Crippen molar-refractivity contribution in [2.45, 2.75) is 31.5 Å². The number of hydrogen-bond acceptors (Lipinski definition) is 10. The molecule has 2 heterocycles. The zero-order valence-corrected chi connectivity index (χ0v) is 16.7. The van der Waals surface area contributed by atoms with Crippen molar-refractivity contribution in [2.24, 2.45) is 5.92 Å². The summed E-state index contributed by atoms with van der Waals surface area (Å²) < 4.78 is 22.2. The van der Waals surface area contributed by atoms with Gasteiger partial charge in [-0.2, -0.15) is 0 Å². The lowest BCUT2D eigenvalue weighted by atomic mass is 9.91. The number of aliphatic hydroxyl groups excluding tert-OH is 3. The van der Waals surface area contributed by atoms with Crippen LogP contribution in [-0.2, 0) is 4.74 Å². The third kappa shape index (κ3) is 3.43. The van der Waals surface area contributed by atoms with Gasteiger partial charge in [-0.15, -0.1) is 0 Å². The van der Waals surface area contributed by atoms with Crippen molar-refractivity contribution >= 4 is 21.9 Å². The second-order valence-corrected chi connectivity index (χ2v) is 7.42. The summed E-state index contributed by atoms with van der Waals surface area (Å²) in [5.74, 6) is -1.24. The molecule has 1 saturated heterocycles. The summed E-state index contributed by atoms with van der Waals surface area (Å²) in [6, 6.07) is 5.14. The lowest BCUT2D eigenvalue weighted by molar-refractivity contribution is -0.260. The molecule has 0 saturated carbocycles. The fourth-order valence-electron chi connectivity index (χ4n) is 3.70. The summed E-state index contributed by atoms with van der Waals surface area (Å²) >= 11 is 0. The van der Waals surface area contributed by atoms with Gasteiger partial charge in [-0.05, 0) is 12.1 Å². The second-order valence-electron chi connectivity index (χ2n) is 7.42. The smallest absolute Gasteiger partial charge is 0.226 e. The Kier molecular flexibility index (Phi) is 5.40. The van der Waals surface area contributed by atoms with Gasteiger partial charge in [-0.1, -0.05) is 6.92 Å². The van der Waals surface area contributed by atoms with Crippen molar-refractivity contribution < 1.29 is 44.2 Å². The van der Waals surface area contributed by atoms with Crippen LogP contribution in [0, 0.1) is 5.92 Å². The number of benzene rings is 2. The first-order valence-electron chi connectivity index (χ1n) is 9.55. The van der Waals surface area contributed by atoms with Gasteiger partial charge in [0.2, 0.25) is 11.7 Å². The molecule has 0 spiro atoms. The highest BCUT2D eigenvalue weighted by atomic mass is 16.7. The fourth-order valence-corrected chi connectivity index (χ4v) is 3.70. The molecule has 0 radical (unpaired) electrons. The number of phenolic OH excluding ortho intramolecular Hbond substituents is 2. The Bertz CT molecular complexity index is 1180. The molecule has 0 unspecified atom stereocenters. The maximum Gasteiger partial charge on any atom is 0.226 e. The summed E-state index contributed by atoms with van der Waals surface area (Å²) in [6.07, 6.45) is -4.71. The van der Waals surface area contributed by atoms with E-state index >= 15 is 0 Å². The monoisotopic (exact) mass is 434 g/mol. The van der Waals surface area contributed by atoms with E-state index in [9.17, 15) is 30.3 Å². The number of ether oxygens (including phenoxy) is 3. The Labute approximate surface area is 175 Å². The van der Waals surface area contributed by atoms with E-state index in [1.165, 1.54) is 25.3 Å². The third-order valence-corrected chi connectivity index (χ3v) is 5.53. The molecular formula is C21H22O10. The summed E-state index contributed by atoms with van der Waals surface area (Å²) in [6.45, 7) is 1.07. The molecule has 10 nitrogen and oxygen atoms in total. The zero-order valence-electron chi connectivity index (χ0n) is 16.7. The number of methoxy groups -OCH3 is 1. The third-order valence-electron chi connectivity index (χ3n) is 5.53. The van der Waals surface area contributed by atoms with Crippen LogP contribution in [-0.4, -0.2) is 63.9 Å². The van der Waals surface area contributed by atoms with Crippen molar-refractivity contribution in [3.63, 3.8) is 0 Å². The topological polar surface area (TPSA) is 159 Å². The number of aromatic hydroxyl groups is 2. The molecule has 2 aromatic carbocycles. The van der Waals surface area contributed by atoms with Gasteiger partial charge in [0.1, 0.15) is 45.8 Å². The van der Waals surface area contributed by atoms with Crippen LogP contribution in [0.5, 0.6) is 23.0 Å². The SMILES string of the molecule is COc1cc(O[C@@H]2O[C@H](CO)[C@@H](O)[C@H](C)[C@H]2O)c2c(=O)c3c(O)ccc(O)c3oc2c1. The number of hydrogen-bond donors (Lipinski definition) is 5.